The maximum atomic E-state index is 13.7. The Morgan fingerprint density at radius 2 is 1.68 bits per heavy atom. The van der Waals surface area contributed by atoms with Crippen molar-refractivity contribution in [2.24, 2.45) is 0 Å². The van der Waals surface area contributed by atoms with E-state index in [-0.39, 0.29) is 23.2 Å². The lowest BCUT2D eigenvalue weighted by molar-refractivity contribution is 0.0983. The first kappa shape index (κ1) is 31.0. The molecule has 0 saturated heterocycles. The van der Waals surface area contributed by atoms with Crippen molar-refractivity contribution in [1.29, 1.82) is 0 Å². The number of rotatable bonds is 13. The van der Waals surface area contributed by atoms with Crippen molar-refractivity contribution in [3.05, 3.63) is 48.0 Å². The molecular formula is C26H37ClN4O4S2. The smallest absolute Gasteiger partial charge is 0.260 e. The van der Waals surface area contributed by atoms with Crippen LogP contribution in [0.25, 0.3) is 10.2 Å². The number of likely N-dealkylation sites (N-methyl/N-ethyl adjacent to an activating group) is 1. The summed E-state index contributed by atoms with van der Waals surface area (Å²) in [4.78, 5) is 22.5. The normalized spacial score (nSPS) is 11.6. The molecule has 0 saturated carbocycles. The van der Waals surface area contributed by atoms with Crippen LogP contribution in [0.4, 0.5) is 5.13 Å². The molecule has 1 aromatic heterocycles. The van der Waals surface area contributed by atoms with E-state index in [4.69, 9.17) is 9.72 Å². The van der Waals surface area contributed by atoms with Crippen LogP contribution in [-0.2, 0) is 10.0 Å². The lowest BCUT2D eigenvalue weighted by Gasteiger charge is -2.25. The monoisotopic (exact) mass is 568 g/mol. The van der Waals surface area contributed by atoms with Gasteiger partial charge in [0, 0.05) is 32.2 Å². The van der Waals surface area contributed by atoms with Crippen LogP contribution in [0.5, 0.6) is 5.75 Å². The van der Waals surface area contributed by atoms with Gasteiger partial charge in [0.05, 0.1) is 16.7 Å². The zero-order chi connectivity index (χ0) is 26.3. The number of carbonyl (C=O) groups excluding carboxylic acids is 1. The molecule has 0 atom stereocenters. The molecule has 1 amide bonds. The van der Waals surface area contributed by atoms with Crippen molar-refractivity contribution in [2.75, 3.05) is 51.8 Å². The first-order valence-corrected chi connectivity index (χ1v) is 14.6. The Hall–Kier alpha value is -2.24. The average molecular weight is 569 g/mol. The summed E-state index contributed by atoms with van der Waals surface area (Å²) < 4.78 is 33.5. The largest absolute Gasteiger partial charge is 0.494 e. The summed E-state index contributed by atoms with van der Waals surface area (Å²) in [5, 5.41) is 0.586. The SMILES string of the molecule is CCCCN(C)S(=O)(=O)c1ccc(C(=O)N(CCN(CC)CC)c2nc3c(OC)cccc3s2)cc1.Cl. The molecule has 3 rings (SSSR count). The summed E-state index contributed by atoms with van der Waals surface area (Å²) in [5.74, 6) is 0.441. The number of sulfonamides is 1. The number of ether oxygens (including phenoxy) is 1. The molecule has 0 aliphatic carbocycles. The maximum absolute atomic E-state index is 13.7. The number of nitrogens with zero attached hydrogens (tertiary/aromatic N) is 4. The van der Waals surface area contributed by atoms with E-state index in [1.165, 1.54) is 27.8 Å². The second-order valence-electron chi connectivity index (χ2n) is 8.49. The topological polar surface area (TPSA) is 83.1 Å². The van der Waals surface area contributed by atoms with Gasteiger partial charge in [-0.1, -0.05) is 44.6 Å². The fraction of sp³-hybridized carbons (Fsp3) is 0.462. The molecule has 37 heavy (non-hydrogen) atoms. The van der Waals surface area contributed by atoms with Crippen LogP contribution in [0.1, 0.15) is 44.0 Å². The van der Waals surface area contributed by atoms with Gasteiger partial charge in [0.25, 0.3) is 5.91 Å². The second-order valence-corrected chi connectivity index (χ2v) is 11.5. The number of benzene rings is 2. The number of carbonyl (C=O) groups is 1. The zero-order valence-electron chi connectivity index (χ0n) is 22.1. The summed E-state index contributed by atoms with van der Waals surface area (Å²) in [6.45, 7) is 9.58. The van der Waals surface area contributed by atoms with Gasteiger partial charge >= 0.3 is 0 Å². The highest BCUT2D eigenvalue weighted by Crippen LogP contribution is 2.34. The lowest BCUT2D eigenvalue weighted by atomic mass is 10.2. The summed E-state index contributed by atoms with van der Waals surface area (Å²) in [7, 11) is -0.415. The number of amides is 1. The molecule has 11 heteroatoms. The minimum absolute atomic E-state index is 0. The Labute approximate surface area is 230 Å². The van der Waals surface area contributed by atoms with Crippen LogP contribution in [-0.4, -0.2) is 75.4 Å². The minimum Gasteiger partial charge on any atom is -0.494 e. The van der Waals surface area contributed by atoms with Crippen molar-refractivity contribution in [1.82, 2.24) is 14.2 Å². The van der Waals surface area contributed by atoms with Gasteiger partial charge < -0.3 is 9.64 Å². The number of thiazole rings is 1. The molecule has 2 aromatic carbocycles. The fourth-order valence-electron chi connectivity index (χ4n) is 3.86. The molecular weight excluding hydrogens is 532 g/mol. The fourth-order valence-corrected chi connectivity index (χ4v) is 6.08. The summed E-state index contributed by atoms with van der Waals surface area (Å²) in [6, 6.07) is 11.9. The van der Waals surface area contributed by atoms with Gasteiger partial charge in [0.15, 0.2) is 5.13 Å². The van der Waals surface area contributed by atoms with E-state index in [0.717, 1.165) is 36.1 Å². The van der Waals surface area contributed by atoms with Crippen LogP contribution in [0.3, 0.4) is 0 Å². The number of para-hydroxylation sites is 1. The molecule has 3 aromatic rings. The van der Waals surface area contributed by atoms with E-state index in [2.05, 4.69) is 18.7 Å². The highest BCUT2D eigenvalue weighted by Gasteiger charge is 2.25. The number of methoxy groups -OCH3 is 1. The highest BCUT2D eigenvalue weighted by atomic mass is 35.5. The summed E-state index contributed by atoms with van der Waals surface area (Å²) in [6.07, 6.45) is 1.70. The summed E-state index contributed by atoms with van der Waals surface area (Å²) in [5.41, 5.74) is 1.13. The second kappa shape index (κ2) is 14.1. The van der Waals surface area contributed by atoms with Gasteiger partial charge in [-0.15, -0.1) is 12.4 Å². The van der Waals surface area contributed by atoms with Crippen LogP contribution in [0.15, 0.2) is 47.4 Å². The standard InChI is InChI=1S/C26H36N4O4S2.ClH/c1-6-9-17-28(4)36(32,33)21-15-13-20(14-16-21)25(31)30(19-18-29(7-2)8-3)26-27-24-22(34-5)11-10-12-23(24)35-26;/h10-16H,6-9,17-19H2,1-5H3;1H. The Balaban J connectivity index is 0.00000481. The van der Waals surface area contributed by atoms with Gasteiger partial charge in [-0.05, 0) is 55.9 Å². The minimum atomic E-state index is -3.60. The third-order valence-electron chi connectivity index (χ3n) is 6.24. The number of hydrogen-bond donors (Lipinski definition) is 0. The number of hydrogen-bond acceptors (Lipinski definition) is 7. The number of fused-ring (bicyclic) bond motifs is 1. The molecule has 0 fully saturated rings. The molecule has 0 N–H and O–H groups in total. The van der Waals surface area contributed by atoms with Gasteiger partial charge in [-0.3, -0.25) is 9.69 Å². The van der Waals surface area contributed by atoms with E-state index in [0.29, 0.717) is 36.1 Å². The first-order valence-electron chi connectivity index (χ1n) is 12.3. The van der Waals surface area contributed by atoms with E-state index in [1.54, 1.807) is 31.2 Å². The third-order valence-corrected chi connectivity index (χ3v) is 9.15. The predicted molar refractivity (Wildman–Crippen MR) is 154 cm³/mol. The Kier molecular flexibility index (Phi) is 11.8. The van der Waals surface area contributed by atoms with Crippen LogP contribution >= 0.6 is 23.7 Å². The average Bonchev–Trinajstić information content (AvgIpc) is 3.33. The molecule has 0 aliphatic rings. The highest BCUT2D eigenvalue weighted by molar-refractivity contribution is 7.89. The molecule has 0 spiro atoms. The maximum Gasteiger partial charge on any atom is 0.260 e. The van der Waals surface area contributed by atoms with E-state index >= 15 is 0 Å². The molecule has 8 nitrogen and oxygen atoms in total. The van der Waals surface area contributed by atoms with Gasteiger partial charge in [-0.25, -0.2) is 17.7 Å². The lowest BCUT2D eigenvalue weighted by Crippen LogP contribution is -2.38. The van der Waals surface area contributed by atoms with E-state index in [9.17, 15) is 13.2 Å². The molecule has 0 aliphatic heterocycles. The van der Waals surface area contributed by atoms with Crippen LogP contribution in [0, 0.1) is 0 Å². The van der Waals surface area contributed by atoms with E-state index in [1.807, 2.05) is 25.1 Å². The van der Waals surface area contributed by atoms with Crippen molar-refractivity contribution in [2.45, 2.75) is 38.5 Å². The molecule has 0 radical (unpaired) electrons. The number of aromatic nitrogens is 1. The van der Waals surface area contributed by atoms with Crippen LogP contribution < -0.4 is 9.64 Å². The molecule has 0 bridgehead atoms. The van der Waals surface area contributed by atoms with Crippen LogP contribution in [0.2, 0.25) is 0 Å². The number of halogens is 1. The predicted octanol–water partition coefficient (Wildman–Crippen LogP) is 5.14. The van der Waals surface area contributed by atoms with Gasteiger partial charge in [0.1, 0.15) is 11.3 Å². The number of unbranched alkanes of at least 4 members (excludes halogenated alkanes) is 1. The zero-order valence-corrected chi connectivity index (χ0v) is 24.6. The van der Waals surface area contributed by atoms with Crippen molar-refractivity contribution in [3.8, 4) is 5.75 Å². The van der Waals surface area contributed by atoms with Crippen molar-refractivity contribution in [3.63, 3.8) is 0 Å². The molecule has 1 heterocycles. The Bertz CT molecular complexity index is 1260. The first-order chi connectivity index (χ1) is 17.3. The van der Waals surface area contributed by atoms with Gasteiger partial charge in [0.2, 0.25) is 10.0 Å². The molecule has 0 unspecified atom stereocenters. The summed E-state index contributed by atoms with van der Waals surface area (Å²) >= 11 is 1.44. The Morgan fingerprint density at radius 1 is 1.00 bits per heavy atom. The van der Waals surface area contributed by atoms with E-state index < -0.39 is 10.0 Å². The van der Waals surface area contributed by atoms with Crippen molar-refractivity contribution < 1.29 is 17.9 Å². The molecule has 204 valence electrons. The third kappa shape index (κ3) is 7.20. The van der Waals surface area contributed by atoms with Gasteiger partial charge in [-0.2, -0.15) is 0 Å². The number of anilines is 1. The van der Waals surface area contributed by atoms with Crippen molar-refractivity contribution >= 4 is 55.0 Å². The Morgan fingerprint density at radius 3 is 2.27 bits per heavy atom. The quantitative estimate of drug-likeness (QED) is 0.284.